The summed E-state index contributed by atoms with van der Waals surface area (Å²) < 4.78 is 2.19. The molecule has 0 fully saturated rings. The van der Waals surface area contributed by atoms with E-state index in [1.165, 1.54) is 16.7 Å². The third-order valence-corrected chi connectivity index (χ3v) is 4.12. The number of alkyl halides is 1. The molecule has 0 spiro atoms. The topological polar surface area (TPSA) is 17.8 Å². The molecular formula is C17H17ClN2. The van der Waals surface area contributed by atoms with Crippen LogP contribution in [0.15, 0.2) is 36.4 Å². The number of imidazole rings is 1. The molecule has 0 radical (unpaired) electrons. The van der Waals surface area contributed by atoms with E-state index in [0.717, 1.165) is 22.5 Å². The van der Waals surface area contributed by atoms with Crippen LogP contribution in [0.1, 0.15) is 22.5 Å². The average molecular weight is 285 g/mol. The molecule has 2 aromatic carbocycles. The Kier molecular flexibility index (Phi) is 3.27. The quantitative estimate of drug-likeness (QED) is 0.624. The number of aromatic nitrogens is 2. The fraction of sp³-hybridized carbons (Fsp3) is 0.235. The van der Waals surface area contributed by atoms with Gasteiger partial charge in [0.1, 0.15) is 5.82 Å². The predicted octanol–water partition coefficient (Wildman–Crippen LogP) is 4.69. The lowest BCUT2D eigenvalue weighted by molar-refractivity contribution is 0.966. The lowest BCUT2D eigenvalue weighted by Gasteiger charge is -2.14. The van der Waals surface area contributed by atoms with Crippen molar-refractivity contribution in [1.82, 2.24) is 9.55 Å². The van der Waals surface area contributed by atoms with Gasteiger partial charge in [-0.2, -0.15) is 0 Å². The van der Waals surface area contributed by atoms with Crippen LogP contribution in [0.5, 0.6) is 0 Å². The van der Waals surface area contributed by atoms with Crippen molar-refractivity contribution in [2.75, 3.05) is 0 Å². The number of benzene rings is 2. The molecule has 0 saturated carbocycles. The van der Waals surface area contributed by atoms with Gasteiger partial charge in [0.05, 0.1) is 22.6 Å². The van der Waals surface area contributed by atoms with Gasteiger partial charge in [-0.15, -0.1) is 11.6 Å². The molecule has 0 N–H and O–H groups in total. The van der Waals surface area contributed by atoms with Gasteiger partial charge in [-0.1, -0.05) is 24.3 Å². The number of nitrogens with zero attached hydrogens (tertiary/aromatic N) is 2. The number of halogens is 1. The first-order valence-electron chi connectivity index (χ1n) is 6.73. The zero-order valence-electron chi connectivity index (χ0n) is 11.9. The molecule has 2 nitrogen and oxygen atoms in total. The second kappa shape index (κ2) is 4.95. The number of aryl methyl sites for hydroxylation is 2. The summed E-state index contributed by atoms with van der Waals surface area (Å²) >= 11 is 6.11. The fourth-order valence-corrected chi connectivity index (χ4v) is 2.85. The Morgan fingerprint density at radius 2 is 1.70 bits per heavy atom. The van der Waals surface area contributed by atoms with E-state index in [1.807, 2.05) is 12.1 Å². The van der Waals surface area contributed by atoms with Crippen LogP contribution in [0, 0.1) is 20.8 Å². The number of para-hydroxylation sites is 1. The fourth-order valence-electron chi connectivity index (χ4n) is 2.67. The Morgan fingerprint density at radius 1 is 1.00 bits per heavy atom. The van der Waals surface area contributed by atoms with Crippen molar-refractivity contribution in [3.63, 3.8) is 0 Å². The molecule has 20 heavy (non-hydrogen) atoms. The molecule has 0 atom stereocenters. The number of rotatable bonds is 2. The van der Waals surface area contributed by atoms with Crippen molar-refractivity contribution in [2.45, 2.75) is 26.7 Å². The zero-order chi connectivity index (χ0) is 14.3. The van der Waals surface area contributed by atoms with Crippen molar-refractivity contribution >= 4 is 22.6 Å². The van der Waals surface area contributed by atoms with Crippen LogP contribution in [0.4, 0.5) is 0 Å². The highest BCUT2D eigenvalue weighted by molar-refractivity contribution is 6.17. The van der Waals surface area contributed by atoms with E-state index in [-0.39, 0.29) is 0 Å². The Morgan fingerprint density at radius 3 is 2.45 bits per heavy atom. The van der Waals surface area contributed by atoms with Gasteiger partial charge in [-0.25, -0.2) is 4.98 Å². The maximum atomic E-state index is 6.11. The van der Waals surface area contributed by atoms with Gasteiger partial charge in [0.2, 0.25) is 0 Å². The number of hydrogen-bond donors (Lipinski definition) is 0. The van der Waals surface area contributed by atoms with Crippen LogP contribution < -0.4 is 0 Å². The molecule has 0 amide bonds. The third kappa shape index (κ3) is 1.92. The first-order chi connectivity index (χ1) is 9.63. The second-order valence-electron chi connectivity index (χ2n) is 5.16. The number of fused-ring (bicyclic) bond motifs is 1. The first-order valence-corrected chi connectivity index (χ1v) is 7.26. The van der Waals surface area contributed by atoms with Crippen molar-refractivity contribution in [2.24, 2.45) is 0 Å². The van der Waals surface area contributed by atoms with Crippen molar-refractivity contribution in [1.29, 1.82) is 0 Å². The van der Waals surface area contributed by atoms with Crippen molar-refractivity contribution in [3.8, 4) is 5.69 Å². The molecule has 0 bridgehead atoms. The second-order valence-corrected chi connectivity index (χ2v) is 5.43. The highest BCUT2D eigenvalue weighted by Crippen LogP contribution is 2.28. The largest absolute Gasteiger partial charge is 0.295 e. The molecule has 3 heteroatoms. The zero-order valence-corrected chi connectivity index (χ0v) is 12.7. The maximum absolute atomic E-state index is 6.11. The van der Waals surface area contributed by atoms with Crippen LogP contribution >= 0.6 is 11.6 Å². The summed E-state index contributed by atoms with van der Waals surface area (Å²) in [5.74, 6) is 1.30. The van der Waals surface area contributed by atoms with E-state index in [2.05, 4.69) is 54.6 Å². The van der Waals surface area contributed by atoms with Crippen molar-refractivity contribution < 1.29 is 0 Å². The molecule has 0 aliphatic heterocycles. The van der Waals surface area contributed by atoms with Crippen LogP contribution in [-0.4, -0.2) is 9.55 Å². The lowest BCUT2D eigenvalue weighted by atomic mass is 10.1. The monoisotopic (exact) mass is 284 g/mol. The van der Waals surface area contributed by atoms with E-state index >= 15 is 0 Å². The molecule has 0 saturated heterocycles. The van der Waals surface area contributed by atoms with Crippen LogP contribution in [0.25, 0.3) is 16.7 Å². The van der Waals surface area contributed by atoms with E-state index in [9.17, 15) is 0 Å². The molecule has 0 aliphatic carbocycles. The minimum Gasteiger partial charge on any atom is -0.295 e. The van der Waals surface area contributed by atoms with Gasteiger partial charge in [0.15, 0.2) is 0 Å². The summed E-state index contributed by atoms with van der Waals surface area (Å²) in [6.07, 6.45) is 0. The molecule has 0 unspecified atom stereocenters. The normalized spacial score (nSPS) is 11.2. The molecule has 102 valence electrons. The van der Waals surface area contributed by atoms with Gasteiger partial charge in [0.25, 0.3) is 0 Å². The Balaban J connectivity index is 2.43. The van der Waals surface area contributed by atoms with Gasteiger partial charge in [-0.3, -0.25) is 4.57 Å². The Hall–Kier alpha value is -1.80. The van der Waals surface area contributed by atoms with Crippen LogP contribution in [-0.2, 0) is 5.88 Å². The summed E-state index contributed by atoms with van der Waals surface area (Å²) in [5.41, 5.74) is 7.07. The highest BCUT2D eigenvalue weighted by Gasteiger charge is 2.15. The van der Waals surface area contributed by atoms with E-state index in [1.54, 1.807) is 0 Å². The Bertz CT molecular complexity index is 787. The lowest BCUT2D eigenvalue weighted by Crippen LogP contribution is -2.03. The summed E-state index contributed by atoms with van der Waals surface area (Å²) in [6, 6.07) is 12.5. The molecule has 3 aromatic rings. The Labute approximate surface area is 124 Å². The summed E-state index contributed by atoms with van der Waals surface area (Å²) in [4.78, 5) is 4.67. The minimum absolute atomic E-state index is 0.404. The standard InChI is InChI=1S/C17H17ClN2/c1-11-6-5-9-15(13(11)3)20-16(10-18)19-14-8-4-7-12(2)17(14)20/h4-9H,10H2,1-3H3. The SMILES string of the molecule is Cc1cccc(-n2c(CCl)nc3cccc(C)c32)c1C. The number of hydrogen-bond acceptors (Lipinski definition) is 1. The average Bonchev–Trinajstić information content (AvgIpc) is 2.82. The van der Waals surface area contributed by atoms with Gasteiger partial charge >= 0.3 is 0 Å². The van der Waals surface area contributed by atoms with Crippen LogP contribution in [0.2, 0.25) is 0 Å². The first kappa shape index (κ1) is 13.2. The van der Waals surface area contributed by atoms with Gasteiger partial charge < -0.3 is 0 Å². The van der Waals surface area contributed by atoms with Gasteiger partial charge in [0, 0.05) is 0 Å². The molecule has 3 rings (SSSR count). The molecule has 1 heterocycles. The molecular weight excluding hydrogens is 268 g/mol. The highest BCUT2D eigenvalue weighted by atomic mass is 35.5. The van der Waals surface area contributed by atoms with Crippen molar-refractivity contribution in [3.05, 3.63) is 58.9 Å². The maximum Gasteiger partial charge on any atom is 0.129 e. The molecule has 0 aliphatic rings. The summed E-state index contributed by atoms with van der Waals surface area (Å²) in [6.45, 7) is 6.39. The smallest absolute Gasteiger partial charge is 0.129 e. The predicted molar refractivity (Wildman–Crippen MR) is 84.8 cm³/mol. The van der Waals surface area contributed by atoms with E-state index in [0.29, 0.717) is 5.88 Å². The molecule has 1 aromatic heterocycles. The summed E-state index contributed by atoms with van der Waals surface area (Å²) in [7, 11) is 0. The van der Waals surface area contributed by atoms with E-state index in [4.69, 9.17) is 11.6 Å². The van der Waals surface area contributed by atoms with Crippen LogP contribution in [0.3, 0.4) is 0 Å². The summed E-state index contributed by atoms with van der Waals surface area (Å²) in [5, 5.41) is 0. The third-order valence-electron chi connectivity index (χ3n) is 3.88. The van der Waals surface area contributed by atoms with Gasteiger partial charge in [-0.05, 0) is 49.6 Å². The minimum atomic E-state index is 0.404. The van der Waals surface area contributed by atoms with E-state index < -0.39 is 0 Å².